The van der Waals surface area contributed by atoms with Gasteiger partial charge in [-0.05, 0) is 19.1 Å². The van der Waals surface area contributed by atoms with Crippen molar-refractivity contribution >= 4 is 27.8 Å². The summed E-state index contributed by atoms with van der Waals surface area (Å²) in [5, 5.41) is 10.9. The van der Waals surface area contributed by atoms with Crippen LogP contribution in [0.25, 0.3) is 16.2 Å². The molecule has 0 N–H and O–H groups in total. The van der Waals surface area contributed by atoms with Crippen molar-refractivity contribution in [3.8, 4) is 11.3 Å². The first-order valence-corrected chi connectivity index (χ1v) is 8.18. The van der Waals surface area contributed by atoms with Crippen molar-refractivity contribution in [2.24, 2.45) is 10.2 Å². The van der Waals surface area contributed by atoms with Gasteiger partial charge in [-0.2, -0.15) is 0 Å². The minimum absolute atomic E-state index is 0.757. The summed E-state index contributed by atoms with van der Waals surface area (Å²) in [6, 6.07) is 18.1. The lowest BCUT2D eigenvalue weighted by Gasteiger charge is -1.99. The van der Waals surface area contributed by atoms with Crippen LogP contribution in [0.1, 0.15) is 5.56 Å². The number of hydrogen-bond donors (Lipinski definition) is 0. The van der Waals surface area contributed by atoms with Gasteiger partial charge in [0.25, 0.3) is 0 Å². The zero-order valence-electron chi connectivity index (χ0n) is 12.5. The van der Waals surface area contributed by atoms with Crippen LogP contribution in [0.15, 0.2) is 76.4 Å². The topological polar surface area (TPSA) is 42.0 Å². The average molecular weight is 318 g/mol. The summed E-state index contributed by atoms with van der Waals surface area (Å²) in [7, 11) is 0. The molecule has 4 aromatic rings. The van der Waals surface area contributed by atoms with Gasteiger partial charge in [0.15, 0.2) is 10.8 Å². The van der Waals surface area contributed by atoms with Crippen molar-refractivity contribution in [1.82, 2.24) is 9.38 Å². The quantitative estimate of drug-likeness (QED) is 0.441. The maximum atomic E-state index is 4.70. The molecule has 0 aliphatic heterocycles. The van der Waals surface area contributed by atoms with Crippen LogP contribution in [0, 0.1) is 6.92 Å². The number of nitrogens with zero attached hydrogens (tertiary/aromatic N) is 4. The van der Waals surface area contributed by atoms with Crippen molar-refractivity contribution in [2.45, 2.75) is 6.92 Å². The third kappa shape index (κ3) is 2.66. The molecule has 0 fully saturated rings. The van der Waals surface area contributed by atoms with E-state index in [2.05, 4.69) is 17.2 Å². The molecule has 4 rings (SSSR count). The summed E-state index contributed by atoms with van der Waals surface area (Å²) in [6.45, 7) is 2.06. The Morgan fingerprint density at radius 3 is 2.52 bits per heavy atom. The van der Waals surface area contributed by atoms with Crippen LogP contribution in [-0.2, 0) is 0 Å². The van der Waals surface area contributed by atoms with E-state index >= 15 is 0 Å². The second-order valence-electron chi connectivity index (χ2n) is 5.24. The van der Waals surface area contributed by atoms with E-state index in [0.29, 0.717) is 0 Å². The van der Waals surface area contributed by atoms with Crippen LogP contribution in [0.4, 0.5) is 11.5 Å². The number of aryl methyl sites for hydroxylation is 1. The Hall–Kier alpha value is -2.79. The van der Waals surface area contributed by atoms with E-state index in [1.165, 1.54) is 5.56 Å². The molecule has 0 saturated heterocycles. The molecule has 0 aliphatic rings. The largest absolute Gasteiger partial charge is 0.273 e. The molecular formula is C18H14N4S. The standard InChI is InChI=1S/C18H14N4S/c1-13-7-9-15(10-8-13)20-21-17-16(14-5-3-2-4-6-14)19-18-22(17)11-12-23-18/h2-12H,1H3. The fraction of sp³-hybridized carbons (Fsp3) is 0.0556. The predicted octanol–water partition coefficient (Wildman–Crippen LogP) is 5.79. The third-order valence-electron chi connectivity index (χ3n) is 3.58. The Labute approximate surface area is 137 Å². The second-order valence-corrected chi connectivity index (χ2v) is 6.11. The SMILES string of the molecule is Cc1ccc(N=Nc2c(-c3ccccc3)nc3sccn23)cc1. The van der Waals surface area contributed by atoms with E-state index in [1.807, 2.05) is 70.6 Å². The zero-order chi connectivity index (χ0) is 15.6. The summed E-state index contributed by atoms with van der Waals surface area (Å²) in [5.74, 6) is 0.757. The molecule has 0 unspecified atom stereocenters. The van der Waals surface area contributed by atoms with Gasteiger partial charge in [0.1, 0.15) is 5.69 Å². The molecule has 5 heteroatoms. The molecule has 0 atom stereocenters. The lowest BCUT2D eigenvalue weighted by atomic mass is 10.1. The molecule has 4 nitrogen and oxygen atoms in total. The first kappa shape index (κ1) is 13.8. The molecular weight excluding hydrogens is 304 g/mol. The number of hydrogen-bond acceptors (Lipinski definition) is 4. The minimum atomic E-state index is 0.757. The first-order valence-electron chi connectivity index (χ1n) is 7.31. The maximum Gasteiger partial charge on any atom is 0.195 e. The van der Waals surface area contributed by atoms with Crippen LogP contribution in [0.3, 0.4) is 0 Å². The number of azo groups is 1. The number of benzene rings is 2. The van der Waals surface area contributed by atoms with Gasteiger partial charge in [0, 0.05) is 17.1 Å². The smallest absolute Gasteiger partial charge is 0.195 e. The van der Waals surface area contributed by atoms with Crippen LogP contribution in [0.5, 0.6) is 0 Å². The first-order chi connectivity index (χ1) is 11.3. The van der Waals surface area contributed by atoms with Crippen LogP contribution < -0.4 is 0 Å². The number of aromatic nitrogens is 2. The summed E-state index contributed by atoms with van der Waals surface area (Å²) in [4.78, 5) is 5.62. The Kier molecular flexibility index (Phi) is 3.48. The Morgan fingerprint density at radius 2 is 1.74 bits per heavy atom. The normalized spacial score (nSPS) is 11.5. The van der Waals surface area contributed by atoms with Gasteiger partial charge in [-0.25, -0.2) is 4.98 Å². The lowest BCUT2D eigenvalue weighted by Crippen LogP contribution is -1.79. The van der Waals surface area contributed by atoms with Crippen molar-refractivity contribution in [3.05, 3.63) is 71.7 Å². The van der Waals surface area contributed by atoms with Gasteiger partial charge >= 0.3 is 0 Å². The number of imidazole rings is 1. The highest BCUT2D eigenvalue weighted by Crippen LogP contribution is 2.33. The number of fused-ring (bicyclic) bond motifs is 1. The molecule has 2 aromatic heterocycles. The highest BCUT2D eigenvalue weighted by Gasteiger charge is 2.14. The molecule has 0 amide bonds. The Morgan fingerprint density at radius 1 is 0.957 bits per heavy atom. The van der Waals surface area contributed by atoms with Crippen LogP contribution >= 0.6 is 11.3 Å². The third-order valence-corrected chi connectivity index (χ3v) is 4.33. The predicted molar refractivity (Wildman–Crippen MR) is 93.9 cm³/mol. The van der Waals surface area contributed by atoms with Gasteiger partial charge in [0.05, 0.1) is 5.69 Å². The molecule has 0 saturated carbocycles. The zero-order valence-corrected chi connectivity index (χ0v) is 13.4. The fourth-order valence-electron chi connectivity index (χ4n) is 2.38. The van der Waals surface area contributed by atoms with Crippen molar-refractivity contribution < 1.29 is 0 Å². The van der Waals surface area contributed by atoms with Gasteiger partial charge < -0.3 is 0 Å². The monoisotopic (exact) mass is 318 g/mol. The van der Waals surface area contributed by atoms with Gasteiger partial charge in [0.2, 0.25) is 0 Å². The van der Waals surface area contributed by atoms with Crippen LogP contribution in [-0.4, -0.2) is 9.38 Å². The molecule has 23 heavy (non-hydrogen) atoms. The van der Waals surface area contributed by atoms with Crippen molar-refractivity contribution in [3.63, 3.8) is 0 Å². The van der Waals surface area contributed by atoms with Crippen molar-refractivity contribution in [2.75, 3.05) is 0 Å². The van der Waals surface area contributed by atoms with Crippen molar-refractivity contribution in [1.29, 1.82) is 0 Å². The van der Waals surface area contributed by atoms with Gasteiger partial charge in [-0.1, -0.05) is 48.0 Å². The Bertz CT molecular complexity index is 965. The Balaban J connectivity index is 1.81. The molecule has 2 aromatic carbocycles. The molecule has 0 bridgehead atoms. The summed E-state index contributed by atoms with van der Waals surface area (Å²) in [5.41, 5.74) is 3.94. The van der Waals surface area contributed by atoms with E-state index in [1.54, 1.807) is 11.3 Å². The second kappa shape index (κ2) is 5.78. The number of thiazole rings is 1. The maximum absolute atomic E-state index is 4.70. The highest BCUT2D eigenvalue weighted by atomic mass is 32.1. The molecule has 0 spiro atoms. The summed E-state index contributed by atoms with van der Waals surface area (Å²) >= 11 is 1.59. The van der Waals surface area contributed by atoms with E-state index in [9.17, 15) is 0 Å². The average Bonchev–Trinajstić information content (AvgIpc) is 3.17. The fourth-order valence-corrected chi connectivity index (χ4v) is 3.08. The van der Waals surface area contributed by atoms with Gasteiger partial charge in [-0.15, -0.1) is 21.6 Å². The molecule has 0 aliphatic carbocycles. The van der Waals surface area contributed by atoms with E-state index in [4.69, 9.17) is 4.98 Å². The van der Waals surface area contributed by atoms with E-state index in [0.717, 1.165) is 27.7 Å². The molecule has 2 heterocycles. The lowest BCUT2D eigenvalue weighted by molar-refractivity contribution is 1.12. The van der Waals surface area contributed by atoms with E-state index < -0.39 is 0 Å². The number of rotatable bonds is 3. The highest BCUT2D eigenvalue weighted by molar-refractivity contribution is 7.15. The summed E-state index contributed by atoms with van der Waals surface area (Å²) in [6.07, 6.45) is 1.98. The molecule has 0 radical (unpaired) electrons. The minimum Gasteiger partial charge on any atom is -0.273 e. The van der Waals surface area contributed by atoms with E-state index in [-0.39, 0.29) is 0 Å². The van der Waals surface area contributed by atoms with Crippen LogP contribution in [0.2, 0.25) is 0 Å². The molecule has 112 valence electrons. The summed E-state index contributed by atoms with van der Waals surface area (Å²) < 4.78 is 1.98. The van der Waals surface area contributed by atoms with Gasteiger partial charge in [-0.3, -0.25) is 4.40 Å².